The van der Waals surface area contributed by atoms with Crippen LogP contribution in [0.15, 0.2) is 24.3 Å². The molecule has 1 aromatic carbocycles. The molecular weight excluding hydrogens is 289 g/mol. The maximum atomic E-state index is 14.0. The van der Waals surface area contributed by atoms with E-state index in [0.29, 0.717) is 17.0 Å². The van der Waals surface area contributed by atoms with E-state index in [1.807, 2.05) is 26.8 Å². The number of halogens is 2. The van der Waals surface area contributed by atoms with Gasteiger partial charge in [-0.1, -0.05) is 18.5 Å². The van der Waals surface area contributed by atoms with Crippen LogP contribution in [0.25, 0.3) is 0 Å². The third-order valence-corrected chi connectivity index (χ3v) is 3.63. The van der Waals surface area contributed by atoms with Crippen LogP contribution in [0.4, 0.5) is 4.39 Å². The number of aryl methyl sites for hydroxylation is 2. The second kappa shape index (κ2) is 6.96. The van der Waals surface area contributed by atoms with Crippen LogP contribution in [0, 0.1) is 19.7 Å². The van der Waals surface area contributed by atoms with Gasteiger partial charge in [-0.2, -0.15) is 10.2 Å². The molecule has 0 bridgehead atoms. The highest BCUT2D eigenvalue weighted by molar-refractivity contribution is 6.30. The van der Waals surface area contributed by atoms with Crippen molar-refractivity contribution < 1.29 is 4.39 Å². The number of likely N-dealkylation sites (N-methyl/N-ethyl adjacent to an activating group) is 1. The number of nitrogens with one attached hydrogen (secondary N) is 1. The second-order valence-electron chi connectivity index (χ2n) is 5.08. The Balaban J connectivity index is 2.35. The van der Waals surface area contributed by atoms with Crippen molar-refractivity contribution in [2.24, 2.45) is 0 Å². The number of rotatable bonds is 5. The maximum absolute atomic E-state index is 14.0. The van der Waals surface area contributed by atoms with Gasteiger partial charge in [-0.25, -0.2) is 4.39 Å². The minimum Gasteiger partial charge on any atom is -0.310 e. The van der Waals surface area contributed by atoms with Crippen molar-refractivity contribution >= 4 is 11.6 Å². The molecule has 1 N–H and O–H groups in total. The Morgan fingerprint density at radius 3 is 2.71 bits per heavy atom. The molecule has 21 heavy (non-hydrogen) atoms. The summed E-state index contributed by atoms with van der Waals surface area (Å²) in [6.07, 6.45) is 0.520. The SMILES string of the molecule is CCNC(Cc1cc(Cl)ccc1F)c1cc(C)nnc1C. The van der Waals surface area contributed by atoms with E-state index in [1.165, 1.54) is 6.07 Å². The highest BCUT2D eigenvalue weighted by atomic mass is 35.5. The smallest absolute Gasteiger partial charge is 0.126 e. The molecule has 2 aromatic rings. The fourth-order valence-electron chi connectivity index (χ4n) is 2.38. The van der Waals surface area contributed by atoms with Crippen LogP contribution in [0.3, 0.4) is 0 Å². The normalized spacial score (nSPS) is 12.4. The molecule has 0 aliphatic carbocycles. The first kappa shape index (κ1) is 15.9. The number of hydrogen-bond donors (Lipinski definition) is 1. The van der Waals surface area contributed by atoms with Crippen molar-refractivity contribution in [2.75, 3.05) is 6.54 Å². The standard InChI is InChI=1S/C16H19ClFN3/c1-4-19-16(14-7-10(2)20-21-11(14)3)9-12-8-13(17)5-6-15(12)18/h5-8,16,19H,4,9H2,1-3H3. The molecule has 0 fully saturated rings. The Morgan fingerprint density at radius 2 is 2.00 bits per heavy atom. The van der Waals surface area contributed by atoms with Gasteiger partial charge in [0.1, 0.15) is 5.82 Å². The molecule has 0 spiro atoms. The van der Waals surface area contributed by atoms with E-state index < -0.39 is 0 Å². The summed E-state index contributed by atoms with van der Waals surface area (Å²) >= 11 is 5.97. The highest BCUT2D eigenvalue weighted by Crippen LogP contribution is 2.24. The molecule has 112 valence electrons. The summed E-state index contributed by atoms with van der Waals surface area (Å²) in [7, 11) is 0. The molecule has 1 unspecified atom stereocenters. The quantitative estimate of drug-likeness (QED) is 0.913. The van der Waals surface area contributed by atoms with E-state index in [2.05, 4.69) is 15.5 Å². The van der Waals surface area contributed by atoms with E-state index in [4.69, 9.17) is 11.6 Å². The molecule has 0 aliphatic rings. The summed E-state index contributed by atoms with van der Waals surface area (Å²) in [4.78, 5) is 0. The van der Waals surface area contributed by atoms with Crippen LogP contribution in [0.5, 0.6) is 0 Å². The van der Waals surface area contributed by atoms with Gasteiger partial charge in [-0.05, 0) is 62.2 Å². The fraction of sp³-hybridized carbons (Fsp3) is 0.375. The molecule has 5 heteroatoms. The number of benzene rings is 1. The lowest BCUT2D eigenvalue weighted by atomic mass is 9.97. The van der Waals surface area contributed by atoms with Crippen LogP contribution in [-0.2, 0) is 6.42 Å². The summed E-state index contributed by atoms with van der Waals surface area (Å²) in [6, 6.07) is 6.63. The van der Waals surface area contributed by atoms with Gasteiger partial charge in [-0.3, -0.25) is 0 Å². The first-order valence-corrected chi connectivity index (χ1v) is 7.37. The monoisotopic (exact) mass is 307 g/mol. The van der Waals surface area contributed by atoms with Gasteiger partial charge < -0.3 is 5.32 Å². The summed E-state index contributed by atoms with van der Waals surface area (Å²) in [5, 5.41) is 12.1. The summed E-state index contributed by atoms with van der Waals surface area (Å²) < 4.78 is 14.0. The average Bonchev–Trinajstić information content (AvgIpc) is 2.45. The molecule has 0 radical (unpaired) electrons. The summed E-state index contributed by atoms with van der Waals surface area (Å²) in [6.45, 7) is 6.63. The van der Waals surface area contributed by atoms with Crippen molar-refractivity contribution in [3.63, 3.8) is 0 Å². The van der Waals surface area contributed by atoms with E-state index in [1.54, 1.807) is 12.1 Å². The van der Waals surface area contributed by atoms with Crippen molar-refractivity contribution in [3.8, 4) is 0 Å². The first-order valence-electron chi connectivity index (χ1n) is 6.99. The van der Waals surface area contributed by atoms with Crippen molar-refractivity contribution in [2.45, 2.75) is 33.2 Å². The first-order chi connectivity index (χ1) is 10.0. The Bertz CT molecular complexity index is 631. The largest absolute Gasteiger partial charge is 0.310 e. The van der Waals surface area contributed by atoms with Gasteiger partial charge in [0.05, 0.1) is 11.4 Å². The molecule has 1 aromatic heterocycles. The van der Waals surface area contributed by atoms with E-state index in [-0.39, 0.29) is 11.9 Å². The minimum atomic E-state index is -0.237. The molecule has 0 saturated carbocycles. The Kier molecular flexibility index (Phi) is 5.26. The Hall–Kier alpha value is -1.52. The van der Waals surface area contributed by atoms with Crippen LogP contribution in [0.2, 0.25) is 5.02 Å². The lowest BCUT2D eigenvalue weighted by Crippen LogP contribution is -2.24. The minimum absolute atomic E-state index is 0.0165. The van der Waals surface area contributed by atoms with Gasteiger partial charge >= 0.3 is 0 Å². The van der Waals surface area contributed by atoms with Crippen molar-refractivity contribution in [3.05, 3.63) is 57.6 Å². The van der Waals surface area contributed by atoms with Gasteiger partial charge in [0.2, 0.25) is 0 Å². The number of nitrogens with zero attached hydrogens (tertiary/aromatic N) is 2. The average molecular weight is 308 g/mol. The second-order valence-corrected chi connectivity index (χ2v) is 5.51. The molecule has 2 rings (SSSR count). The molecule has 3 nitrogen and oxygen atoms in total. The predicted molar refractivity (Wildman–Crippen MR) is 83.0 cm³/mol. The summed E-state index contributed by atoms with van der Waals surface area (Å²) in [5.41, 5.74) is 3.35. The lowest BCUT2D eigenvalue weighted by Gasteiger charge is -2.20. The molecular formula is C16H19ClFN3. The van der Waals surface area contributed by atoms with Crippen LogP contribution >= 0.6 is 11.6 Å². The molecule has 0 amide bonds. The third kappa shape index (κ3) is 3.99. The fourth-order valence-corrected chi connectivity index (χ4v) is 2.58. The number of aromatic nitrogens is 2. The van der Waals surface area contributed by atoms with Crippen LogP contribution < -0.4 is 5.32 Å². The zero-order valence-electron chi connectivity index (χ0n) is 12.5. The zero-order chi connectivity index (χ0) is 15.4. The molecule has 1 atom stereocenters. The molecule has 0 aliphatic heterocycles. The van der Waals surface area contributed by atoms with Crippen molar-refractivity contribution in [1.82, 2.24) is 15.5 Å². The van der Waals surface area contributed by atoms with E-state index >= 15 is 0 Å². The van der Waals surface area contributed by atoms with Crippen LogP contribution in [0.1, 0.15) is 35.5 Å². The molecule has 1 heterocycles. The Morgan fingerprint density at radius 1 is 1.24 bits per heavy atom. The maximum Gasteiger partial charge on any atom is 0.126 e. The summed E-state index contributed by atoms with van der Waals surface area (Å²) in [5.74, 6) is -0.237. The van der Waals surface area contributed by atoms with Crippen molar-refractivity contribution in [1.29, 1.82) is 0 Å². The van der Waals surface area contributed by atoms with E-state index in [9.17, 15) is 4.39 Å². The molecule has 0 saturated heterocycles. The van der Waals surface area contributed by atoms with Gasteiger partial charge in [0, 0.05) is 11.1 Å². The Labute approximate surface area is 129 Å². The van der Waals surface area contributed by atoms with Gasteiger partial charge in [0.25, 0.3) is 0 Å². The lowest BCUT2D eigenvalue weighted by molar-refractivity contribution is 0.522. The van der Waals surface area contributed by atoms with Gasteiger partial charge in [0.15, 0.2) is 0 Å². The highest BCUT2D eigenvalue weighted by Gasteiger charge is 2.17. The third-order valence-electron chi connectivity index (χ3n) is 3.40. The van der Waals surface area contributed by atoms with Gasteiger partial charge in [-0.15, -0.1) is 0 Å². The zero-order valence-corrected chi connectivity index (χ0v) is 13.2. The number of hydrogen-bond acceptors (Lipinski definition) is 3. The van der Waals surface area contributed by atoms with Crippen LogP contribution in [-0.4, -0.2) is 16.7 Å². The van der Waals surface area contributed by atoms with E-state index in [0.717, 1.165) is 23.5 Å². The predicted octanol–water partition coefficient (Wildman–Crippen LogP) is 3.78. The topological polar surface area (TPSA) is 37.8 Å².